The normalized spacial score (nSPS) is 9.85. The first-order chi connectivity index (χ1) is 6.45. The predicted octanol–water partition coefficient (Wildman–Crippen LogP) is 3.15. The molecule has 0 saturated heterocycles. The molecule has 0 radical (unpaired) electrons. The van der Waals surface area contributed by atoms with E-state index in [0.717, 1.165) is 6.42 Å². The molecule has 13 heavy (non-hydrogen) atoms. The minimum atomic E-state index is 0.969. The molecule has 1 aromatic carbocycles. The van der Waals surface area contributed by atoms with Gasteiger partial charge in [0.2, 0.25) is 0 Å². The van der Waals surface area contributed by atoms with E-state index in [1.165, 1.54) is 11.1 Å². The van der Waals surface area contributed by atoms with Gasteiger partial charge in [-0.1, -0.05) is 30.3 Å². The first kappa shape index (κ1) is 7.99. The van der Waals surface area contributed by atoms with Gasteiger partial charge in [-0.3, -0.25) is 0 Å². The van der Waals surface area contributed by atoms with Crippen LogP contribution in [0.25, 0.3) is 0 Å². The molecule has 0 atom stereocenters. The second-order valence-electron chi connectivity index (χ2n) is 2.98. The second-order valence-corrected chi connectivity index (χ2v) is 2.98. The first-order valence-corrected chi connectivity index (χ1v) is 4.33. The molecule has 1 aromatic heterocycles. The van der Waals surface area contributed by atoms with E-state index in [4.69, 9.17) is 4.42 Å². The Morgan fingerprint density at radius 3 is 2.08 bits per heavy atom. The van der Waals surface area contributed by atoms with Crippen LogP contribution in [0.1, 0.15) is 11.1 Å². The summed E-state index contributed by atoms with van der Waals surface area (Å²) in [5.41, 5.74) is 2.60. The fourth-order valence-corrected chi connectivity index (χ4v) is 1.30. The van der Waals surface area contributed by atoms with Crippen molar-refractivity contribution in [3.8, 4) is 0 Å². The summed E-state index contributed by atoms with van der Waals surface area (Å²) in [5.74, 6) is 0. The Morgan fingerprint density at radius 1 is 0.769 bits per heavy atom. The van der Waals surface area contributed by atoms with E-state index in [9.17, 15) is 0 Å². The number of benzene rings is 1. The van der Waals surface area contributed by atoms with E-state index in [1.54, 1.807) is 12.5 Å². The molecule has 0 saturated carbocycles. The molecule has 0 N–H and O–H groups in total. The molecule has 0 amide bonds. The highest BCUT2D eigenvalue weighted by molar-refractivity contribution is 5.23. The van der Waals surface area contributed by atoms with Crippen LogP contribution in [-0.2, 0) is 6.42 Å². The zero-order valence-electron chi connectivity index (χ0n) is 7.31. The highest BCUT2D eigenvalue weighted by Gasteiger charge is 1.96. The van der Waals surface area contributed by atoms with Crippen LogP contribution in [0.4, 0.5) is 0 Å². The van der Waals surface area contributed by atoms with Gasteiger partial charge in [-0.2, -0.15) is 0 Å². The third-order valence-electron chi connectivity index (χ3n) is 1.97. The molecule has 0 unspecified atom stereocenters. The molecule has 0 spiro atoms. The highest BCUT2D eigenvalue weighted by Crippen LogP contribution is 2.07. The predicted molar refractivity (Wildman–Crippen MR) is 52.4 cm³/mol. The van der Waals surface area contributed by atoms with Gasteiger partial charge in [-0.15, -0.1) is 0 Å². The molecule has 0 aliphatic heterocycles. The maximum Gasteiger partial charge on any atom is 0.318 e. The largest absolute Gasteiger partial charge is 0.318 e. The summed E-state index contributed by atoms with van der Waals surface area (Å²) in [5, 5.41) is 0. The lowest BCUT2D eigenvalue weighted by molar-refractivity contribution is 0.548. The summed E-state index contributed by atoms with van der Waals surface area (Å²) in [6.07, 6.45) is 4.38. The maximum absolute atomic E-state index is 4.96. The zero-order chi connectivity index (χ0) is 8.93. The lowest BCUT2D eigenvalue weighted by atomic mass is 10.1. The van der Waals surface area contributed by atoms with Gasteiger partial charge >= 0.3 is 12.5 Å². The molecule has 0 aliphatic carbocycles. The van der Waals surface area contributed by atoms with Gasteiger partial charge in [-0.05, 0) is 17.5 Å². The van der Waals surface area contributed by atoms with E-state index >= 15 is 0 Å². The Kier molecular flexibility index (Phi) is 2.37. The van der Waals surface area contributed by atoms with Crippen LogP contribution in [0.15, 0.2) is 59.4 Å². The Morgan fingerprint density at radius 2 is 1.38 bits per heavy atom. The third-order valence-corrected chi connectivity index (χ3v) is 1.97. The summed E-state index contributed by atoms with van der Waals surface area (Å²) in [6, 6.07) is 14.4. The van der Waals surface area contributed by atoms with Crippen molar-refractivity contribution in [2.75, 3.05) is 0 Å². The van der Waals surface area contributed by atoms with Gasteiger partial charge < -0.3 is 0 Å². The molecular weight excluding hydrogens is 160 g/mol. The van der Waals surface area contributed by atoms with Gasteiger partial charge in [0.15, 0.2) is 0 Å². The number of hydrogen-bond donors (Lipinski definition) is 0. The molecule has 1 heterocycles. The van der Waals surface area contributed by atoms with Crippen molar-refractivity contribution in [2.45, 2.75) is 6.42 Å². The van der Waals surface area contributed by atoms with E-state index in [-0.39, 0.29) is 0 Å². The second kappa shape index (κ2) is 3.85. The smallest absolute Gasteiger partial charge is 0.224 e. The molecule has 64 valence electrons. The summed E-state index contributed by atoms with van der Waals surface area (Å²) in [4.78, 5) is 0. The lowest BCUT2D eigenvalue weighted by Gasteiger charge is -1.97. The maximum atomic E-state index is 4.96. The minimum Gasteiger partial charge on any atom is -0.224 e. The lowest BCUT2D eigenvalue weighted by Crippen LogP contribution is -1.85. The molecule has 2 rings (SSSR count). The Hall–Kier alpha value is -1.63. The summed E-state index contributed by atoms with van der Waals surface area (Å²) >= 11 is 0. The molecule has 2 aromatic rings. The van der Waals surface area contributed by atoms with Crippen molar-refractivity contribution in [1.29, 1.82) is 0 Å². The number of rotatable bonds is 2. The van der Waals surface area contributed by atoms with Crippen LogP contribution in [0, 0.1) is 0 Å². The van der Waals surface area contributed by atoms with Crippen molar-refractivity contribution in [3.63, 3.8) is 0 Å². The molecular formula is C12H11O+. The third kappa shape index (κ3) is 2.15. The molecule has 1 nitrogen and oxygen atoms in total. The zero-order valence-corrected chi connectivity index (χ0v) is 7.31. The topological polar surface area (TPSA) is 11.3 Å². The van der Waals surface area contributed by atoms with Crippen molar-refractivity contribution < 1.29 is 4.42 Å². The monoisotopic (exact) mass is 171 g/mol. The van der Waals surface area contributed by atoms with Gasteiger partial charge in [-0.25, -0.2) is 4.42 Å². The average Bonchev–Trinajstić information content (AvgIpc) is 2.21. The van der Waals surface area contributed by atoms with Crippen LogP contribution in [0.3, 0.4) is 0 Å². The van der Waals surface area contributed by atoms with Crippen LogP contribution >= 0.6 is 0 Å². The minimum absolute atomic E-state index is 0.969. The molecule has 1 heteroatoms. The van der Waals surface area contributed by atoms with Gasteiger partial charge in [0, 0.05) is 12.1 Å². The first-order valence-electron chi connectivity index (χ1n) is 4.33. The average molecular weight is 171 g/mol. The van der Waals surface area contributed by atoms with Crippen molar-refractivity contribution in [2.24, 2.45) is 0 Å². The SMILES string of the molecule is c1ccc(Cc2cc[o+]cc2)cc1. The van der Waals surface area contributed by atoms with Crippen molar-refractivity contribution in [3.05, 3.63) is 66.1 Å². The van der Waals surface area contributed by atoms with E-state index in [1.807, 2.05) is 18.2 Å². The fraction of sp³-hybridized carbons (Fsp3) is 0.0833. The fourth-order valence-electron chi connectivity index (χ4n) is 1.30. The van der Waals surface area contributed by atoms with Crippen molar-refractivity contribution in [1.82, 2.24) is 0 Å². The van der Waals surface area contributed by atoms with E-state index in [0.29, 0.717) is 0 Å². The standard InChI is InChI=1S/C12H11O/c1-2-4-11(5-3-1)10-12-6-8-13-9-7-12/h1-9H,10H2/q+1. The molecule has 0 bridgehead atoms. The molecule has 0 fully saturated rings. The van der Waals surface area contributed by atoms with Crippen LogP contribution in [-0.4, -0.2) is 0 Å². The van der Waals surface area contributed by atoms with Gasteiger partial charge in [0.1, 0.15) is 0 Å². The quantitative estimate of drug-likeness (QED) is 0.632. The van der Waals surface area contributed by atoms with Crippen molar-refractivity contribution >= 4 is 0 Å². The Labute approximate surface area is 77.7 Å². The van der Waals surface area contributed by atoms with Crippen LogP contribution in [0.5, 0.6) is 0 Å². The Balaban J connectivity index is 2.16. The summed E-state index contributed by atoms with van der Waals surface area (Å²) < 4.78 is 4.96. The Bertz CT molecular complexity index is 316. The number of hydrogen-bond acceptors (Lipinski definition) is 0. The van der Waals surface area contributed by atoms with E-state index < -0.39 is 0 Å². The molecule has 0 aliphatic rings. The van der Waals surface area contributed by atoms with Crippen LogP contribution < -0.4 is 0 Å². The summed E-state index contributed by atoms with van der Waals surface area (Å²) in [6.45, 7) is 0. The van der Waals surface area contributed by atoms with E-state index in [2.05, 4.69) is 24.3 Å². The van der Waals surface area contributed by atoms with Gasteiger partial charge in [0.25, 0.3) is 0 Å². The van der Waals surface area contributed by atoms with Gasteiger partial charge in [0.05, 0.1) is 0 Å². The summed E-state index contributed by atoms with van der Waals surface area (Å²) in [7, 11) is 0. The highest BCUT2D eigenvalue weighted by atomic mass is 16.3. The van der Waals surface area contributed by atoms with Crippen LogP contribution in [0.2, 0.25) is 0 Å².